The van der Waals surface area contributed by atoms with E-state index in [1.54, 1.807) is 26.0 Å². The minimum atomic E-state index is -3.65. The largest absolute Gasteiger partial charge is 0.381 e. The molecule has 0 aromatic heterocycles. The highest BCUT2D eigenvalue weighted by atomic mass is 32.2. The first kappa shape index (κ1) is 22.7. The zero-order valence-corrected chi connectivity index (χ0v) is 18.5. The van der Waals surface area contributed by atoms with Gasteiger partial charge in [-0.2, -0.15) is 4.31 Å². The van der Waals surface area contributed by atoms with E-state index in [9.17, 15) is 18.0 Å². The van der Waals surface area contributed by atoms with Gasteiger partial charge in [0, 0.05) is 43.8 Å². The molecular formula is C21H31N3O5S. The first-order chi connectivity index (χ1) is 14.4. The van der Waals surface area contributed by atoms with Crippen LogP contribution in [0.5, 0.6) is 0 Å². The van der Waals surface area contributed by atoms with Gasteiger partial charge in [0.25, 0.3) is 5.91 Å². The molecule has 2 unspecified atom stereocenters. The second-order valence-electron chi connectivity index (χ2n) is 7.72. The van der Waals surface area contributed by atoms with Crippen LogP contribution in [0.25, 0.3) is 0 Å². The maximum Gasteiger partial charge on any atom is 0.251 e. The van der Waals surface area contributed by atoms with Crippen molar-refractivity contribution < 1.29 is 22.7 Å². The number of rotatable bonds is 7. The Morgan fingerprint density at radius 2 is 2.00 bits per heavy atom. The van der Waals surface area contributed by atoms with Gasteiger partial charge in [0.1, 0.15) is 0 Å². The molecule has 2 amide bonds. The third kappa shape index (κ3) is 4.84. The van der Waals surface area contributed by atoms with Crippen molar-refractivity contribution in [2.75, 3.05) is 39.4 Å². The predicted octanol–water partition coefficient (Wildman–Crippen LogP) is 1.47. The van der Waals surface area contributed by atoms with Crippen LogP contribution in [-0.4, -0.2) is 74.9 Å². The highest BCUT2D eigenvalue weighted by Crippen LogP contribution is 2.29. The fraction of sp³-hybridized carbons (Fsp3) is 0.619. The number of carbonyl (C=O) groups excluding carboxylic acids is 2. The van der Waals surface area contributed by atoms with Crippen LogP contribution in [0.1, 0.15) is 43.5 Å². The molecule has 1 aromatic rings. The standard InChI is InChI=1S/C21H31N3O5S/c1-3-23(4-2)30(27,28)18-9-5-7-16(13-18)21(26)22-14-20(25)24-11-6-8-17-15-29-12-10-19(17)24/h5,7,9,13,17,19H,3-4,6,8,10-12,14-15H2,1-2H3,(H,22,26). The highest BCUT2D eigenvalue weighted by molar-refractivity contribution is 7.89. The van der Waals surface area contributed by atoms with E-state index in [2.05, 4.69) is 5.32 Å². The molecule has 0 radical (unpaired) electrons. The summed E-state index contributed by atoms with van der Waals surface area (Å²) in [5.74, 6) is -0.193. The van der Waals surface area contributed by atoms with E-state index in [-0.39, 0.29) is 29.0 Å². The summed E-state index contributed by atoms with van der Waals surface area (Å²) in [5, 5.41) is 2.66. The molecule has 3 rings (SSSR count). The molecule has 1 aromatic carbocycles. The Kier molecular flexibility index (Phi) is 7.49. The van der Waals surface area contributed by atoms with Gasteiger partial charge in [-0.1, -0.05) is 19.9 Å². The quantitative estimate of drug-likeness (QED) is 0.697. The van der Waals surface area contributed by atoms with Crippen LogP contribution in [0.4, 0.5) is 0 Å². The number of sulfonamides is 1. The summed E-state index contributed by atoms with van der Waals surface area (Å²) in [7, 11) is -3.65. The molecule has 0 bridgehead atoms. The van der Waals surface area contributed by atoms with Crippen LogP contribution in [0.3, 0.4) is 0 Å². The van der Waals surface area contributed by atoms with Crippen LogP contribution in [0.15, 0.2) is 29.2 Å². The number of ether oxygens (including phenoxy) is 1. The molecule has 2 atom stereocenters. The van der Waals surface area contributed by atoms with Gasteiger partial charge in [0.05, 0.1) is 18.0 Å². The number of amides is 2. The maximum absolute atomic E-state index is 12.7. The molecule has 2 aliphatic rings. The van der Waals surface area contributed by atoms with E-state index in [4.69, 9.17) is 4.74 Å². The molecule has 1 N–H and O–H groups in total. The normalized spacial score (nSPS) is 21.9. The summed E-state index contributed by atoms with van der Waals surface area (Å²) in [4.78, 5) is 27.3. The first-order valence-corrected chi connectivity index (χ1v) is 12.1. The Morgan fingerprint density at radius 1 is 1.23 bits per heavy atom. The Morgan fingerprint density at radius 3 is 2.73 bits per heavy atom. The van der Waals surface area contributed by atoms with Gasteiger partial charge in [-0.3, -0.25) is 9.59 Å². The molecule has 0 spiro atoms. The number of benzene rings is 1. The minimum Gasteiger partial charge on any atom is -0.381 e. The summed E-state index contributed by atoms with van der Waals surface area (Å²) in [5.41, 5.74) is 0.221. The Bertz CT molecular complexity index is 867. The van der Waals surface area contributed by atoms with Crippen LogP contribution < -0.4 is 5.32 Å². The fourth-order valence-electron chi connectivity index (χ4n) is 4.34. The van der Waals surface area contributed by atoms with Crippen molar-refractivity contribution in [2.24, 2.45) is 5.92 Å². The van der Waals surface area contributed by atoms with E-state index in [1.165, 1.54) is 16.4 Å². The summed E-state index contributed by atoms with van der Waals surface area (Å²) >= 11 is 0. The average Bonchev–Trinajstić information content (AvgIpc) is 2.77. The lowest BCUT2D eigenvalue weighted by molar-refractivity contribution is -0.139. The summed E-state index contributed by atoms with van der Waals surface area (Å²) in [6, 6.07) is 6.12. The average molecular weight is 438 g/mol. The minimum absolute atomic E-state index is 0.0752. The van der Waals surface area contributed by atoms with Gasteiger partial charge in [-0.15, -0.1) is 0 Å². The van der Waals surface area contributed by atoms with Gasteiger partial charge in [0.15, 0.2) is 0 Å². The Labute approximate surface area is 178 Å². The number of hydrogen-bond donors (Lipinski definition) is 1. The lowest BCUT2D eigenvalue weighted by Gasteiger charge is -2.43. The Hall–Kier alpha value is -1.97. The molecule has 2 saturated heterocycles. The number of carbonyl (C=O) groups is 2. The topological polar surface area (TPSA) is 96.0 Å². The molecule has 0 saturated carbocycles. The van der Waals surface area contributed by atoms with Crippen molar-refractivity contribution in [1.29, 1.82) is 0 Å². The molecule has 166 valence electrons. The molecular weight excluding hydrogens is 406 g/mol. The van der Waals surface area contributed by atoms with E-state index in [0.29, 0.717) is 38.8 Å². The van der Waals surface area contributed by atoms with Gasteiger partial charge in [0.2, 0.25) is 15.9 Å². The molecule has 30 heavy (non-hydrogen) atoms. The third-order valence-corrected chi connectivity index (χ3v) is 8.01. The van der Waals surface area contributed by atoms with Crippen molar-refractivity contribution >= 4 is 21.8 Å². The monoisotopic (exact) mass is 437 g/mol. The van der Waals surface area contributed by atoms with Gasteiger partial charge < -0.3 is 15.0 Å². The molecule has 2 fully saturated rings. The van der Waals surface area contributed by atoms with E-state index < -0.39 is 15.9 Å². The number of piperidine rings is 1. The van der Waals surface area contributed by atoms with Crippen molar-refractivity contribution in [3.05, 3.63) is 29.8 Å². The van der Waals surface area contributed by atoms with Crippen LogP contribution in [-0.2, 0) is 19.6 Å². The number of fused-ring (bicyclic) bond motifs is 1. The van der Waals surface area contributed by atoms with Gasteiger partial charge in [-0.05, 0) is 37.5 Å². The first-order valence-electron chi connectivity index (χ1n) is 10.6. The zero-order valence-electron chi connectivity index (χ0n) is 17.7. The van der Waals surface area contributed by atoms with Crippen molar-refractivity contribution in [2.45, 2.75) is 44.0 Å². The van der Waals surface area contributed by atoms with E-state index in [0.717, 1.165) is 19.3 Å². The zero-order chi connectivity index (χ0) is 21.7. The number of nitrogens with one attached hydrogen (secondary N) is 1. The Balaban J connectivity index is 1.64. The second-order valence-corrected chi connectivity index (χ2v) is 9.66. The second kappa shape index (κ2) is 9.89. The van der Waals surface area contributed by atoms with Crippen molar-refractivity contribution in [1.82, 2.24) is 14.5 Å². The van der Waals surface area contributed by atoms with Crippen LogP contribution >= 0.6 is 0 Å². The van der Waals surface area contributed by atoms with E-state index >= 15 is 0 Å². The van der Waals surface area contributed by atoms with Crippen molar-refractivity contribution in [3.8, 4) is 0 Å². The molecule has 0 aliphatic carbocycles. The van der Waals surface area contributed by atoms with Gasteiger partial charge in [-0.25, -0.2) is 8.42 Å². The summed E-state index contributed by atoms with van der Waals surface area (Å²) in [6.07, 6.45) is 2.83. The van der Waals surface area contributed by atoms with Gasteiger partial charge >= 0.3 is 0 Å². The van der Waals surface area contributed by atoms with Crippen molar-refractivity contribution in [3.63, 3.8) is 0 Å². The smallest absolute Gasteiger partial charge is 0.251 e. The fourth-order valence-corrected chi connectivity index (χ4v) is 5.85. The molecule has 9 heteroatoms. The molecule has 2 aliphatic heterocycles. The summed E-state index contributed by atoms with van der Waals surface area (Å²) < 4.78 is 32.3. The molecule has 2 heterocycles. The number of nitrogens with zero attached hydrogens (tertiary/aromatic N) is 2. The third-order valence-electron chi connectivity index (χ3n) is 5.97. The number of likely N-dealkylation sites (tertiary alicyclic amines) is 1. The SMILES string of the molecule is CCN(CC)S(=O)(=O)c1cccc(C(=O)NCC(=O)N2CCCC3COCCC32)c1. The lowest BCUT2D eigenvalue weighted by Crippen LogP contribution is -2.54. The van der Waals surface area contributed by atoms with E-state index in [1.807, 2.05) is 4.90 Å². The van der Waals surface area contributed by atoms with Crippen LogP contribution in [0, 0.1) is 5.92 Å². The summed E-state index contributed by atoms with van der Waals surface area (Å²) in [6.45, 7) is 6.20. The number of hydrogen-bond acceptors (Lipinski definition) is 5. The predicted molar refractivity (Wildman–Crippen MR) is 113 cm³/mol. The van der Waals surface area contributed by atoms with Crippen LogP contribution in [0.2, 0.25) is 0 Å². The maximum atomic E-state index is 12.7. The molecule has 8 nitrogen and oxygen atoms in total. The lowest BCUT2D eigenvalue weighted by atomic mass is 9.86. The highest BCUT2D eigenvalue weighted by Gasteiger charge is 2.36.